The first kappa shape index (κ1) is 13.4. The molecule has 3 rings (SSSR count). The van der Waals surface area contributed by atoms with Crippen LogP contribution < -0.4 is 0 Å². The molecule has 0 unspecified atom stereocenters. The Morgan fingerprint density at radius 1 is 1.05 bits per heavy atom. The van der Waals surface area contributed by atoms with Crippen LogP contribution in [0.25, 0.3) is 16.9 Å². The lowest BCUT2D eigenvalue weighted by atomic mass is 10.1. The van der Waals surface area contributed by atoms with E-state index in [2.05, 4.69) is 15.9 Å². The molecule has 2 nitrogen and oxygen atoms in total. The van der Waals surface area contributed by atoms with E-state index in [1.54, 1.807) is 0 Å². The molecule has 0 aliphatic carbocycles. The first-order valence-corrected chi connectivity index (χ1v) is 7.74. The van der Waals surface area contributed by atoms with E-state index in [0.29, 0.717) is 0 Å². The van der Waals surface area contributed by atoms with Gasteiger partial charge in [0.2, 0.25) is 0 Å². The monoisotopic (exact) mass is 346 g/mol. The smallest absolute Gasteiger partial charge is 0.0968 e. The fraction of sp³-hybridized carbons (Fsp3) is 0.0625. The zero-order valence-corrected chi connectivity index (χ0v) is 13.0. The summed E-state index contributed by atoms with van der Waals surface area (Å²) in [5.74, 6) is 0. The van der Waals surface area contributed by atoms with Gasteiger partial charge in [0.15, 0.2) is 0 Å². The molecule has 0 saturated heterocycles. The zero-order valence-electron chi connectivity index (χ0n) is 10.6. The van der Waals surface area contributed by atoms with Crippen molar-refractivity contribution in [2.24, 2.45) is 0 Å². The van der Waals surface area contributed by atoms with Crippen molar-refractivity contribution in [1.82, 2.24) is 9.78 Å². The van der Waals surface area contributed by atoms with Crippen LogP contribution in [-0.4, -0.2) is 9.78 Å². The third-order valence-corrected chi connectivity index (χ3v) is 3.89. The highest BCUT2D eigenvalue weighted by Crippen LogP contribution is 2.27. The molecule has 0 aliphatic rings. The van der Waals surface area contributed by atoms with Gasteiger partial charge < -0.3 is 0 Å². The molecule has 0 saturated carbocycles. The molecule has 1 aromatic heterocycles. The molecule has 0 N–H and O–H groups in total. The maximum Gasteiger partial charge on any atom is 0.0968 e. The molecular weight excluding hydrogens is 336 g/mol. The van der Waals surface area contributed by atoms with Crippen LogP contribution >= 0.6 is 27.5 Å². The standard InChI is InChI=1S/C16H12BrClN2/c17-10-13-11-20(15-7-2-1-3-8-15)19-16(13)12-5-4-6-14(18)9-12/h1-9,11H,10H2. The molecule has 0 bridgehead atoms. The Morgan fingerprint density at radius 3 is 2.55 bits per heavy atom. The van der Waals surface area contributed by atoms with Gasteiger partial charge in [-0.2, -0.15) is 5.10 Å². The first-order valence-electron chi connectivity index (χ1n) is 6.24. The van der Waals surface area contributed by atoms with E-state index in [1.165, 1.54) is 0 Å². The number of hydrogen-bond donors (Lipinski definition) is 0. The van der Waals surface area contributed by atoms with Gasteiger partial charge in [-0.15, -0.1) is 0 Å². The average molecular weight is 348 g/mol. The minimum Gasteiger partial charge on any atom is -0.240 e. The lowest BCUT2D eigenvalue weighted by molar-refractivity contribution is 0.884. The van der Waals surface area contributed by atoms with Gasteiger partial charge in [-0.05, 0) is 24.3 Å². The minimum atomic E-state index is 0.720. The second kappa shape index (κ2) is 5.81. The Labute approximate surface area is 131 Å². The van der Waals surface area contributed by atoms with E-state index in [1.807, 2.05) is 65.5 Å². The van der Waals surface area contributed by atoms with E-state index >= 15 is 0 Å². The van der Waals surface area contributed by atoms with Gasteiger partial charge in [0.25, 0.3) is 0 Å². The van der Waals surface area contributed by atoms with Crippen molar-refractivity contribution in [3.05, 3.63) is 71.4 Å². The van der Waals surface area contributed by atoms with Crippen LogP contribution in [-0.2, 0) is 5.33 Å². The molecule has 0 fully saturated rings. The van der Waals surface area contributed by atoms with Crippen molar-refractivity contribution in [1.29, 1.82) is 0 Å². The molecule has 100 valence electrons. The zero-order chi connectivity index (χ0) is 13.9. The Balaban J connectivity index is 2.10. The Morgan fingerprint density at radius 2 is 1.85 bits per heavy atom. The number of hydrogen-bond acceptors (Lipinski definition) is 1. The number of rotatable bonds is 3. The largest absolute Gasteiger partial charge is 0.240 e. The van der Waals surface area contributed by atoms with Gasteiger partial charge in [-0.1, -0.05) is 57.9 Å². The normalized spacial score (nSPS) is 10.7. The second-order valence-corrected chi connectivity index (χ2v) is 5.42. The fourth-order valence-electron chi connectivity index (χ4n) is 2.10. The van der Waals surface area contributed by atoms with Gasteiger partial charge in [-0.3, -0.25) is 0 Å². The highest BCUT2D eigenvalue weighted by molar-refractivity contribution is 9.08. The molecule has 0 radical (unpaired) electrons. The topological polar surface area (TPSA) is 17.8 Å². The first-order chi connectivity index (χ1) is 9.78. The third kappa shape index (κ3) is 2.65. The number of benzene rings is 2. The summed E-state index contributed by atoms with van der Waals surface area (Å²) in [6.45, 7) is 0. The summed E-state index contributed by atoms with van der Waals surface area (Å²) in [5.41, 5.74) is 4.16. The summed E-state index contributed by atoms with van der Waals surface area (Å²) in [7, 11) is 0. The molecule has 3 aromatic rings. The number of nitrogens with zero attached hydrogens (tertiary/aromatic N) is 2. The maximum absolute atomic E-state index is 6.07. The maximum atomic E-state index is 6.07. The molecule has 1 heterocycles. The van der Waals surface area contributed by atoms with Crippen LogP contribution in [0.2, 0.25) is 5.02 Å². The number of para-hydroxylation sites is 1. The molecule has 2 aromatic carbocycles. The van der Waals surface area contributed by atoms with Crippen LogP contribution in [0.4, 0.5) is 0 Å². The summed E-state index contributed by atoms with van der Waals surface area (Å²) >= 11 is 9.59. The van der Waals surface area contributed by atoms with Gasteiger partial charge in [-0.25, -0.2) is 4.68 Å². The van der Waals surface area contributed by atoms with Crippen molar-refractivity contribution >= 4 is 27.5 Å². The lowest BCUT2D eigenvalue weighted by Gasteiger charge is -2.01. The summed E-state index contributed by atoms with van der Waals surface area (Å²) in [4.78, 5) is 0. The minimum absolute atomic E-state index is 0.720. The van der Waals surface area contributed by atoms with Crippen molar-refractivity contribution < 1.29 is 0 Å². The van der Waals surface area contributed by atoms with Crippen molar-refractivity contribution in [3.63, 3.8) is 0 Å². The molecule has 0 aliphatic heterocycles. The van der Waals surface area contributed by atoms with Crippen LogP contribution in [0.1, 0.15) is 5.56 Å². The SMILES string of the molecule is Clc1cccc(-c2nn(-c3ccccc3)cc2CBr)c1. The predicted octanol–water partition coefficient (Wildman–Crippen LogP) is 5.09. The number of aromatic nitrogens is 2. The van der Waals surface area contributed by atoms with Crippen molar-refractivity contribution in [2.45, 2.75) is 5.33 Å². The molecule has 20 heavy (non-hydrogen) atoms. The van der Waals surface area contributed by atoms with Crippen molar-refractivity contribution in [3.8, 4) is 16.9 Å². The van der Waals surface area contributed by atoms with E-state index in [4.69, 9.17) is 16.7 Å². The number of alkyl halides is 1. The van der Waals surface area contributed by atoms with Gasteiger partial charge >= 0.3 is 0 Å². The molecule has 4 heteroatoms. The predicted molar refractivity (Wildman–Crippen MR) is 86.6 cm³/mol. The molecular formula is C16H12BrClN2. The summed E-state index contributed by atoms with van der Waals surface area (Å²) < 4.78 is 1.90. The van der Waals surface area contributed by atoms with E-state index in [0.717, 1.165) is 32.9 Å². The quantitative estimate of drug-likeness (QED) is 0.604. The Kier molecular flexibility index (Phi) is 3.90. The van der Waals surface area contributed by atoms with Crippen LogP contribution in [0.15, 0.2) is 60.8 Å². The highest BCUT2D eigenvalue weighted by atomic mass is 79.9. The fourth-order valence-corrected chi connectivity index (χ4v) is 2.70. The van der Waals surface area contributed by atoms with E-state index < -0.39 is 0 Å². The van der Waals surface area contributed by atoms with Gasteiger partial charge in [0.05, 0.1) is 11.4 Å². The summed E-state index contributed by atoms with van der Waals surface area (Å²) in [5, 5.41) is 6.16. The average Bonchev–Trinajstić information content (AvgIpc) is 2.92. The Bertz CT molecular complexity index is 722. The van der Waals surface area contributed by atoms with Crippen LogP contribution in [0.3, 0.4) is 0 Å². The van der Waals surface area contributed by atoms with E-state index in [-0.39, 0.29) is 0 Å². The third-order valence-electron chi connectivity index (χ3n) is 3.05. The van der Waals surface area contributed by atoms with E-state index in [9.17, 15) is 0 Å². The van der Waals surface area contributed by atoms with Gasteiger partial charge in [0, 0.05) is 27.7 Å². The molecule has 0 amide bonds. The van der Waals surface area contributed by atoms with Crippen LogP contribution in [0.5, 0.6) is 0 Å². The molecule has 0 atom stereocenters. The van der Waals surface area contributed by atoms with Crippen molar-refractivity contribution in [2.75, 3.05) is 0 Å². The number of halogens is 2. The lowest BCUT2D eigenvalue weighted by Crippen LogP contribution is -1.93. The molecule has 0 spiro atoms. The summed E-state index contributed by atoms with van der Waals surface area (Å²) in [6, 6.07) is 17.8. The Hall–Kier alpha value is -1.58. The highest BCUT2D eigenvalue weighted by Gasteiger charge is 2.11. The van der Waals surface area contributed by atoms with Gasteiger partial charge in [0.1, 0.15) is 0 Å². The second-order valence-electron chi connectivity index (χ2n) is 4.43. The van der Waals surface area contributed by atoms with Crippen LogP contribution in [0, 0.1) is 0 Å². The summed E-state index contributed by atoms with van der Waals surface area (Å²) in [6.07, 6.45) is 2.04.